The molecule has 0 aliphatic rings. The second-order valence-electron chi connectivity index (χ2n) is 16.3. The average Bonchev–Trinajstić information content (AvgIpc) is 3.14. The van der Waals surface area contributed by atoms with Crippen molar-refractivity contribution in [2.24, 2.45) is 22.5 Å². The molecule has 0 fully saturated rings. The van der Waals surface area contributed by atoms with E-state index in [2.05, 4.69) is 36.7 Å². The Hall–Kier alpha value is -2.28. The molecule has 3 amide bonds. The Balaban J connectivity index is 3.67. The van der Waals surface area contributed by atoms with Gasteiger partial charge in [-0.05, 0) is 43.6 Å². The van der Waals surface area contributed by atoms with Crippen LogP contribution in [0.15, 0.2) is 0 Å². The summed E-state index contributed by atoms with van der Waals surface area (Å²) in [5.74, 6) is -0.835. The highest BCUT2D eigenvalue weighted by atomic mass is 16.6. The largest absolute Gasteiger partial charge is 0.379 e. The smallest absolute Gasteiger partial charge is 0.243 e. The molecule has 336 valence electrons. The maximum absolute atomic E-state index is 13.1. The molecule has 0 aromatic rings. The molecule has 0 bridgehead atoms. The van der Waals surface area contributed by atoms with Gasteiger partial charge in [0.1, 0.15) is 6.04 Å². The number of rotatable bonds is 38. The van der Waals surface area contributed by atoms with Gasteiger partial charge < -0.3 is 59.6 Å². The van der Waals surface area contributed by atoms with Crippen LogP contribution in [0.3, 0.4) is 0 Å². The van der Waals surface area contributed by atoms with E-state index in [1.807, 2.05) is 34.6 Å². The van der Waals surface area contributed by atoms with Crippen LogP contribution < -0.4 is 21.7 Å². The van der Waals surface area contributed by atoms with Crippen LogP contribution in [-0.4, -0.2) is 154 Å². The minimum atomic E-state index is -0.770. The van der Waals surface area contributed by atoms with E-state index in [9.17, 15) is 19.2 Å². The summed E-state index contributed by atoms with van der Waals surface area (Å²) in [7, 11) is 0. The van der Waals surface area contributed by atoms with Gasteiger partial charge in [-0.2, -0.15) is 0 Å². The summed E-state index contributed by atoms with van der Waals surface area (Å²) in [5.41, 5.74) is 5.15. The third kappa shape index (κ3) is 34.3. The number of amides is 3. The maximum atomic E-state index is 13.1. The molecule has 5 N–H and O–H groups in total. The van der Waals surface area contributed by atoms with Gasteiger partial charge >= 0.3 is 0 Å². The maximum Gasteiger partial charge on any atom is 0.243 e. The molecule has 0 aliphatic heterocycles. The van der Waals surface area contributed by atoms with E-state index >= 15 is 0 Å². The number of nitrogens with one attached hydrogen (secondary N) is 3. The first-order valence-electron chi connectivity index (χ1n) is 20.8. The molecule has 0 spiro atoms. The lowest BCUT2D eigenvalue weighted by molar-refractivity contribution is -0.135. The summed E-state index contributed by atoms with van der Waals surface area (Å²) >= 11 is 0. The predicted molar refractivity (Wildman–Crippen MR) is 219 cm³/mol. The van der Waals surface area contributed by atoms with E-state index in [-0.39, 0.29) is 47.9 Å². The first-order valence-corrected chi connectivity index (χ1v) is 20.8. The summed E-state index contributed by atoms with van der Waals surface area (Å²) in [5, 5.41) is 8.54. The number of Topliss-reactive ketones (excluding diaryl/α,β-unsaturated/α-hetero) is 1. The predicted octanol–water partition coefficient (Wildman–Crippen LogP) is 2.82. The Morgan fingerprint density at radius 3 is 1.35 bits per heavy atom. The number of carbonyl (C=O) groups is 4. The fraction of sp³-hybridized carbons (Fsp3) is 0.902. The molecule has 0 radical (unpaired) electrons. The second kappa shape index (κ2) is 34.6. The zero-order valence-corrected chi connectivity index (χ0v) is 36.7. The molecule has 16 heteroatoms. The average molecular weight is 821 g/mol. The topological polar surface area (TPSA) is 204 Å². The zero-order valence-electron chi connectivity index (χ0n) is 36.7. The Morgan fingerprint density at radius 1 is 0.544 bits per heavy atom. The third-order valence-corrected chi connectivity index (χ3v) is 8.33. The van der Waals surface area contributed by atoms with E-state index in [0.717, 1.165) is 19.3 Å². The van der Waals surface area contributed by atoms with Gasteiger partial charge in [-0.15, -0.1) is 0 Å². The van der Waals surface area contributed by atoms with Gasteiger partial charge in [0.25, 0.3) is 0 Å². The quantitative estimate of drug-likeness (QED) is 0.0663. The van der Waals surface area contributed by atoms with Crippen LogP contribution >= 0.6 is 0 Å². The van der Waals surface area contributed by atoms with Gasteiger partial charge in [0, 0.05) is 24.8 Å². The molecule has 2 atom stereocenters. The number of ether oxygens (including phenoxy) is 8. The number of hydrogen-bond acceptors (Lipinski definition) is 13. The molecule has 0 saturated heterocycles. The SMILES string of the molecule is CC(C)[C@H](NC(=O)CCOCCOCCOCCOCCOCCOCCOCCOCCNC(=O)CCC(C)(C)C)C(=O)N[C@@H](CCCCN)C(=O)C(C)(C)C. The van der Waals surface area contributed by atoms with E-state index in [1.165, 1.54) is 0 Å². The van der Waals surface area contributed by atoms with E-state index in [0.29, 0.717) is 125 Å². The van der Waals surface area contributed by atoms with E-state index < -0.39 is 17.5 Å². The minimum Gasteiger partial charge on any atom is -0.379 e. The molecule has 0 unspecified atom stereocenters. The zero-order chi connectivity index (χ0) is 42.8. The molecule has 57 heavy (non-hydrogen) atoms. The Bertz CT molecular complexity index is 1040. The summed E-state index contributed by atoms with van der Waals surface area (Å²) in [6.45, 7) is 23.3. The van der Waals surface area contributed by atoms with Gasteiger partial charge in [0.2, 0.25) is 17.7 Å². The number of nitrogens with two attached hydrogens (primary N) is 1. The molecule has 0 aromatic heterocycles. The minimum absolute atomic E-state index is 0.0460. The molecule has 0 aromatic carbocycles. The molecule has 0 aliphatic carbocycles. The molecule has 0 heterocycles. The van der Waals surface area contributed by atoms with Crippen LogP contribution in [0.5, 0.6) is 0 Å². The Labute approximate surface area is 343 Å². The Kier molecular flexibility index (Phi) is 33.2. The lowest BCUT2D eigenvalue weighted by atomic mass is 9.84. The highest BCUT2D eigenvalue weighted by Crippen LogP contribution is 2.21. The number of hydrogen-bond donors (Lipinski definition) is 4. The highest BCUT2D eigenvalue weighted by molar-refractivity contribution is 5.94. The fourth-order valence-corrected chi connectivity index (χ4v) is 4.97. The summed E-state index contributed by atoms with van der Waals surface area (Å²) in [6.07, 6.45) is 3.47. The Morgan fingerprint density at radius 2 is 0.965 bits per heavy atom. The summed E-state index contributed by atoms with van der Waals surface area (Å²) in [6, 6.07) is -1.40. The molecular formula is C41H80N4O12. The van der Waals surface area contributed by atoms with Crippen LogP contribution in [0.1, 0.15) is 93.9 Å². The van der Waals surface area contributed by atoms with Crippen LogP contribution in [-0.2, 0) is 57.1 Å². The molecule has 0 rings (SSSR count). The molecule has 0 saturated carbocycles. The molecule has 16 nitrogen and oxygen atoms in total. The van der Waals surface area contributed by atoms with Crippen molar-refractivity contribution in [1.29, 1.82) is 0 Å². The normalized spacial score (nSPS) is 13.1. The number of carbonyl (C=O) groups excluding carboxylic acids is 4. The van der Waals surface area contributed by atoms with Crippen molar-refractivity contribution in [2.75, 3.05) is 119 Å². The van der Waals surface area contributed by atoms with Gasteiger partial charge in [-0.25, -0.2) is 0 Å². The standard InChI is InChI=1S/C41H80N4O12/c1-33(2)37(39(49)44-34(11-9-10-15-42)38(48)41(6,7)8)45-36(47)13-17-50-19-21-52-23-25-54-27-29-56-31-32-57-30-28-55-26-24-53-22-20-51-18-16-43-35(46)12-14-40(3,4)5/h33-34,37H,9-32,42H2,1-8H3,(H,43,46)(H,44,49)(H,45,47)/t34-,37-/m0/s1. The first-order chi connectivity index (χ1) is 27.1. The second-order valence-corrected chi connectivity index (χ2v) is 16.3. The van der Waals surface area contributed by atoms with Crippen molar-refractivity contribution in [3.63, 3.8) is 0 Å². The van der Waals surface area contributed by atoms with Crippen LogP contribution in [0.4, 0.5) is 0 Å². The lowest BCUT2D eigenvalue weighted by Gasteiger charge is -2.28. The van der Waals surface area contributed by atoms with Crippen molar-refractivity contribution in [3.8, 4) is 0 Å². The van der Waals surface area contributed by atoms with Crippen LogP contribution in [0, 0.1) is 16.7 Å². The van der Waals surface area contributed by atoms with Crippen molar-refractivity contribution in [3.05, 3.63) is 0 Å². The number of ketones is 1. The number of unbranched alkanes of at least 4 members (excludes halogenated alkanes) is 1. The van der Waals surface area contributed by atoms with Crippen molar-refractivity contribution < 1.29 is 57.1 Å². The van der Waals surface area contributed by atoms with Crippen molar-refractivity contribution in [1.82, 2.24) is 16.0 Å². The van der Waals surface area contributed by atoms with Crippen molar-refractivity contribution in [2.45, 2.75) is 106 Å². The first kappa shape index (κ1) is 54.7. The monoisotopic (exact) mass is 821 g/mol. The van der Waals surface area contributed by atoms with Gasteiger partial charge in [0.15, 0.2) is 5.78 Å². The van der Waals surface area contributed by atoms with Crippen LogP contribution in [0.25, 0.3) is 0 Å². The summed E-state index contributed by atoms with van der Waals surface area (Å²) in [4.78, 5) is 50.5. The van der Waals surface area contributed by atoms with Gasteiger partial charge in [-0.3, -0.25) is 19.2 Å². The third-order valence-electron chi connectivity index (χ3n) is 8.33. The van der Waals surface area contributed by atoms with E-state index in [4.69, 9.17) is 43.6 Å². The van der Waals surface area contributed by atoms with Gasteiger partial charge in [-0.1, -0.05) is 55.4 Å². The molecular weight excluding hydrogens is 740 g/mol. The summed E-state index contributed by atoms with van der Waals surface area (Å²) < 4.78 is 43.9. The lowest BCUT2D eigenvalue weighted by Crippen LogP contribution is -2.55. The highest BCUT2D eigenvalue weighted by Gasteiger charge is 2.33. The van der Waals surface area contributed by atoms with E-state index in [1.54, 1.807) is 0 Å². The fourth-order valence-electron chi connectivity index (χ4n) is 4.97. The van der Waals surface area contributed by atoms with Gasteiger partial charge in [0.05, 0.1) is 112 Å². The van der Waals surface area contributed by atoms with Crippen molar-refractivity contribution >= 4 is 23.5 Å². The van der Waals surface area contributed by atoms with Crippen LogP contribution in [0.2, 0.25) is 0 Å².